The van der Waals surface area contributed by atoms with Gasteiger partial charge in [-0.2, -0.15) is 0 Å². The van der Waals surface area contributed by atoms with Crippen molar-refractivity contribution < 1.29 is 14.5 Å². The van der Waals surface area contributed by atoms with Crippen LogP contribution in [0.1, 0.15) is 24.1 Å². The molecule has 3 rings (SSSR count). The minimum Gasteiger partial charge on any atom is -0.327 e. The summed E-state index contributed by atoms with van der Waals surface area (Å²) in [5.74, 6) is -0.483. The largest absolute Gasteiger partial charge is 0.327 e. The van der Waals surface area contributed by atoms with Gasteiger partial charge in [-0.15, -0.1) is 0 Å². The number of nitrogens with zero attached hydrogens (tertiary/aromatic N) is 1. The second kappa shape index (κ2) is 8.10. The molecule has 0 unspecified atom stereocenters. The van der Waals surface area contributed by atoms with Gasteiger partial charge in [0.05, 0.1) is 16.5 Å². The van der Waals surface area contributed by atoms with Gasteiger partial charge in [0, 0.05) is 22.5 Å². The Hall–Kier alpha value is -3.10. The molecule has 1 aliphatic rings. The van der Waals surface area contributed by atoms with E-state index in [1.165, 1.54) is 18.2 Å². The Morgan fingerprint density at radius 1 is 1.17 bits per heavy atom. The van der Waals surface area contributed by atoms with Crippen LogP contribution in [0.4, 0.5) is 16.2 Å². The first-order chi connectivity index (χ1) is 13.7. The highest BCUT2D eigenvalue weighted by atomic mass is 35.5. The van der Waals surface area contributed by atoms with Crippen LogP contribution in [0, 0.1) is 17.0 Å². The monoisotopic (exact) mass is 434 g/mol. The zero-order valence-electron chi connectivity index (χ0n) is 15.4. The number of amides is 3. The minimum atomic E-state index is -0.904. The molecule has 0 spiro atoms. The van der Waals surface area contributed by atoms with Crippen molar-refractivity contribution in [1.82, 2.24) is 10.6 Å². The summed E-state index contributed by atoms with van der Waals surface area (Å²) in [4.78, 5) is 35.7. The standard InChI is InChI=1S/C19H16Cl2N4O4/c1-9-3-5-12(20)8-14(9)23-18(26)16-10(2)22-19(27)24-17(16)11-4-6-13(21)15(7-11)25(28)29/h3-8,17H,1-2H3,(H,23,26)(H2,22,24,27)/t17-/m1/s1. The van der Waals surface area contributed by atoms with Crippen LogP contribution in [-0.4, -0.2) is 16.9 Å². The minimum absolute atomic E-state index is 0.0414. The molecule has 1 heterocycles. The lowest BCUT2D eigenvalue weighted by Gasteiger charge is -2.28. The summed E-state index contributed by atoms with van der Waals surface area (Å²) in [5, 5.41) is 19.6. The van der Waals surface area contributed by atoms with Crippen LogP contribution in [0.15, 0.2) is 47.7 Å². The number of allylic oxidation sites excluding steroid dienone is 1. The maximum atomic E-state index is 13.1. The molecular weight excluding hydrogens is 419 g/mol. The number of nitro groups is 1. The molecule has 0 radical (unpaired) electrons. The van der Waals surface area contributed by atoms with E-state index in [2.05, 4.69) is 16.0 Å². The number of carbonyl (C=O) groups is 2. The molecule has 10 heteroatoms. The first-order valence-corrected chi connectivity index (χ1v) is 9.22. The molecule has 1 atom stereocenters. The van der Waals surface area contributed by atoms with Gasteiger partial charge in [-0.3, -0.25) is 14.9 Å². The predicted octanol–water partition coefficient (Wildman–Crippen LogP) is 4.48. The van der Waals surface area contributed by atoms with Gasteiger partial charge in [-0.1, -0.05) is 35.3 Å². The van der Waals surface area contributed by atoms with E-state index in [9.17, 15) is 19.7 Å². The van der Waals surface area contributed by atoms with E-state index in [0.29, 0.717) is 22.0 Å². The van der Waals surface area contributed by atoms with Crippen LogP contribution < -0.4 is 16.0 Å². The number of anilines is 1. The number of benzene rings is 2. The summed E-state index contributed by atoms with van der Waals surface area (Å²) in [7, 11) is 0. The first kappa shape index (κ1) is 20.6. The van der Waals surface area contributed by atoms with Crippen LogP contribution in [0.25, 0.3) is 0 Å². The predicted molar refractivity (Wildman–Crippen MR) is 110 cm³/mol. The number of hydrogen-bond acceptors (Lipinski definition) is 4. The Balaban J connectivity index is 2.02. The van der Waals surface area contributed by atoms with Gasteiger partial charge < -0.3 is 16.0 Å². The van der Waals surface area contributed by atoms with E-state index >= 15 is 0 Å². The zero-order chi connectivity index (χ0) is 21.3. The lowest BCUT2D eigenvalue weighted by Crippen LogP contribution is -2.46. The fraction of sp³-hybridized carbons (Fsp3) is 0.158. The summed E-state index contributed by atoms with van der Waals surface area (Å²) in [5.41, 5.74) is 1.88. The fourth-order valence-corrected chi connectivity index (χ4v) is 3.37. The van der Waals surface area contributed by atoms with Crippen molar-refractivity contribution in [3.05, 3.63) is 79.0 Å². The Morgan fingerprint density at radius 2 is 1.90 bits per heavy atom. The Kier molecular flexibility index (Phi) is 5.76. The Bertz CT molecular complexity index is 1070. The molecular formula is C19H16Cl2N4O4. The van der Waals surface area contributed by atoms with E-state index in [4.69, 9.17) is 23.2 Å². The van der Waals surface area contributed by atoms with E-state index in [-0.39, 0.29) is 16.3 Å². The number of halogens is 2. The number of nitro benzene ring substituents is 1. The molecule has 150 valence electrons. The molecule has 3 amide bonds. The van der Waals surface area contributed by atoms with E-state index in [1.54, 1.807) is 25.1 Å². The molecule has 0 aliphatic carbocycles. The van der Waals surface area contributed by atoms with Gasteiger partial charge in [0.2, 0.25) is 0 Å². The van der Waals surface area contributed by atoms with E-state index in [0.717, 1.165) is 5.56 Å². The van der Waals surface area contributed by atoms with Crippen LogP contribution in [0.5, 0.6) is 0 Å². The number of urea groups is 1. The molecule has 0 saturated heterocycles. The highest BCUT2D eigenvalue weighted by Gasteiger charge is 2.32. The molecule has 1 aliphatic heterocycles. The Labute approximate surface area is 176 Å². The number of carbonyl (C=O) groups excluding carboxylic acids is 2. The summed E-state index contributed by atoms with van der Waals surface area (Å²) < 4.78 is 0. The first-order valence-electron chi connectivity index (χ1n) is 8.47. The maximum Gasteiger partial charge on any atom is 0.319 e. The molecule has 2 aromatic rings. The van der Waals surface area contributed by atoms with Crippen LogP contribution in [0.3, 0.4) is 0 Å². The lowest BCUT2D eigenvalue weighted by molar-refractivity contribution is -0.384. The van der Waals surface area contributed by atoms with Crippen molar-refractivity contribution in [2.24, 2.45) is 0 Å². The Morgan fingerprint density at radius 3 is 2.59 bits per heavy atom. The van der Waals surface area contributed by atoms with Crippen molar-refractivity contribution in [3.63, 3.8) is 0 Å². The van der Waals surface area contributed by atoms with Gasteiger partial charge in [0.1, 0.15) is 5.02 Å². The average molecular weight is 435 g/mol. The van der Waals surface area contributed by atoms with Gasteiger partial charge in [-0.05, 0) is 43.2 Å². The number of rotatable bonds is 4. The third-order valence-corrected chi connectivity index (χ3v) is 5.02. The van der Waals surface area contributed by atoms with Crippen LogP contribution in [-0.2, 0) is 4.79 Å². The summed E-state index contributed by atoms with van der Waals surface area (Å²) in [6.07, 6.45) is 0. The van der Waals surface area contributed by atoms with Crippen molar-refractivity contribution in [1.29, 1.82) is 0 Å². The van der Waals surface area contributed by atoms with E-state index in [1.807, 2.05) is 6.92 Å². The topological polar surface area (TPSA) is 113 Å². The number of nitrogens with one attached hydrogen (secondary N) is 3. The van der Waals surface area contributed by atoms with Crippen molar-refractivity contribution >= 4 is 46.5 Å². The highest BCUT2D eigenvalue weighted by molar-refractivity contribution is 6.32. The third-order valence-electron chi connectivity index (χ3n) is 4.46. The van der Waals surface area contributed by atoms with Gasteiger partial charge in [-0.25, -0.2) is 4.79 Å². The van der Waals surface area contributed by atoms with Gasteiger partial charge >= 0.3 is 6.03 Å². The number of hydrogen-bond donors (Lipinski definition) is 3. The zero-order valence-corrected chi connectivity index (χ0v) is 16.9. The number of aryl methyl sites for hydroxylation is 1. The van der Waals surface area contributed by atoms with Crippen molar-refractivity contribution in [2.75, 3.05) is 5.32 Å². The maximum absolute atomic E-state index is 13.1. The smallest absolute Gasteiger partial charge is 0.319 e. The molecule has 3 N–H and O–H groups in total. The molecule has 0 bridgehead atoms. The second-order valence-electron chi connectivity index (χ2n) is 6.45. The molecule has 29 heavy (non-hydrogen) atoms. The molecule has 0 aromatic heterocycles. The lowest BCUT2D eigenvalue weighted by atomic mass is 9.94. The second-order valence-corrected chi connectivity index (χ2v) is 7.30. The highest BCUT2D eigenvalue weighted by Crippen LogP contribution is 2.33. The summed E-state index contributed by atoms with van der Waals surface area (Å²) >= 11 is 11.9. The van der Waals surface area contributed by atoms with Crippen molar-refractivity contribution in [2.45, 2.75) is 19.9 Å². The molecule has 8 nitrogen and oxygen atoms in total. The van der Waals surface area contributed by atoms with E-state index < -0.39 is 22.9 Å². The fourth-order valence-electron chi connectivity index (χ4n) is 3.01. The van der Waals surface area contributed by atoms with Crippen molar-refractivity contribution in [3.8, 4) is 0 Å². The third kappa shape index (κ3) is 4.33. The normalized spacial score (nSPS) is 16.1. The van der Waals surface area contributed by atoms with Gasteiger partial charge in [0.15, 0.2) is 0 Å². The SMILES string of the molecule is CC1=C(C(=O)Nc2cc(Cl)ccc2C)[C@@H](c2ccc(Cl)c([N+](=O)[O-])c2)NC(=O)N1. The van der Waals surface area contributed by atoms with Crippen LogP contribution in [0.2, 0.25) is 10.0 Å². The van der Waals surface area contributed by atoms with Gasteiger partial charge in [0.25, 0.3) is 11.6 Å². The quantitative estimate of drug-likeness (QED) is 0.486. The summed E-state index contributed by atoms with van der Waals surface area (Å²) in [6.45, 7) is 3.39. The summed E-state index contributed by atoms with van der Waals surface area (Å²) in [6, 6.07) is 7.77. The molecule has 2 aromatic carbocycles. The average Bonchev–Trinajstić information content (AvgIpc) is 2.64. The van der Waals surface area contributed by atoms with Crippen LogP contribution >= 0.6 is 23.2 Å². The molecule has 0 fully saturated rings. The molecule has 0 saturated carbocycles.